The Morgan fingerprint density at radius 2 is 2.03 bits per heavy atom. The molecule has 8 nitrogen and oxygen atoms in total. The summed E-state index contributed by atoms with van der Waals surface area (Å²) in [6.07, 6.45) is 3.70. The van der Waals surface area contributed by atoms with E-state index in [2.05, 4.69) is 20.5 Å². The van der Waals surface area contributed by atoms with Crippen LogP contribution in [0.2, 0.25) is 0 Å². The number of aromatic nitrogens is 1. The van der Waals surface area contributed by atoms with Crippen molar-refractivity contribution < 1.29 is 9.59 Å². The first-order valence-corrected chi connectivity index (χ1v) is 10.8. The number of amides is 3. The number of hydrogen-bond acceptors (Lipinski definition) is 3. The average Bonchev–Trinajstić information content (AvgIpc) is 3.45. The smallest absolute Gasteiger partial charge is 0.323 e. The van der Waals surface area contributed by atoms with Gasteiger partial charge in [-0.25, -0.2) is 11.4 Å². The second kappa shape index (κ2) is 10.8. The lowest BCUT2D eigenvalue weighted by molar-refractivity contribution is -0.135. The number of aromatic amines is 1. The van der Waals surface area contributed by atoms with Crippen LogP contribution in [0.3, 0.4) is 0 Å². The standard InChI is InChI=1S/C25H24N6O2.H2S/c1-16(24(32)31-10-4-7-23(31)27-2)11-18-15-28-22-9-8-20(13-21(18)22)30-25(33)29-19-6-3-5-17(12-19)14-26;/h3,5-6,8-9,12-13,15-16,23,28H,4,7,10-11H2,1H3,(H2,29,30,33);1H2/t16?,23-;/m0./s1. The van der Waals surface area contributed by atoms with Gasteiger partial charge in [-0.05, 0) is 54.8 Å². The molecule has 3 amide bonds. The van der Waals surface area contributed by atoms with E-state index in [0.29, 0.717) is 29.9 Å². The predicted molar refractivity (Wildman–Crippen MR) is 137 cm³/mol. The molecule has 3 aromatic rings. The maximum Gasteiger partial charge on any atom is 0.323 e. The Kier molecular flexibility index (Phi) is 7.83. The fourth-order valence-corrected chi connectivity index (χ4v) is 4.23. The normalized spacial score (nSPS) is 15.6. The number of urea groups is 1. The molecule has 2 atom stereocenters. The molecule has 3 N–H and O–H groups in total. The summed E-state index contributed by atoms with van der Waals surface area (Å²) < 4.78 is 0. The van der Waals surface area contributed by atoms with E-state index in [9.17, 15) is 9.59 Å². The van der Waals surface area contributed by atoms with Gasteiger partial charge in [-0.1, -0.05) is 13.0 Å². The largest absolute Gasteiger partial charge is 0.361 e. The zero-order valence-corrected chi connectivity index (χ0v) is 19.8. The molecule has 0 aliphatic carbocycles. The first kappa shape index (κ1) is 24.7. The van der Waals surface area contributed by atoms with Crippen LogP contribution in [0.25, 0.3) is 15.7 Å². The van der Waals surface area contributed by atoms with Crippen LogP contribution < -0.4 is 10.6 Å². The summed E-state index contributed by atoms with van der Waals surface area (Å²) in [5.74, 6) is -0.241. The number of likely N-dealkylation sites (tertiary alicyclic amines) is 1. The molecule has 2 heterocycles. The van der Waals surface area contributed by atoms with Crippen LogP contribution in [0.5, 0.6) is 0 Å². The second-order valence-electron chi connectivity index (χ2n) is 8.23. The Bertz CT molecular complexity index is 1290. The lowest BCUT2D eigenvalue weighted by Gasteiger charge is -2.20. The van der Waals surface area contributed by atoms with Crippen molar-refractivity contribution >= 4 is 47.7 Å². The highest BCUT2D eigenvalue weighted by molar-refractivity contribution is 7.59. The Hall–Kier alpha value is -3.95. The van der Waals surface area contributed by atoms with Crippen molar-refractivity contribution in [3.8, 4) is 6.07 Å². The van der Waals surface area contributed by atoms with Crippen LogP contribution in [-0.2, 0) is 11.2 Å². The number of fused-ring (bicyclic) bond motifs is 1. The van der Waals surface area contributed by atoms with Crippen molar-refractivity contribution in [2.75, 3.05) is 17.2 Å². The van der Waals surface area contributed by atoms with Crippen molar-refractivity contribution in [1.29, 1.82) is 5.26 Å². The zero-order chi connectivity index (χ0) is 23.4. The number of benzene rings is 2. The third-order valence-electron chi connectivity index (χ3n) is 5.88. The second-order valence-corrected chi connectivity index (χ2v) is 8.23. The molecule has 0 radical (unpaired) electrons. The van der Waals surface area contributed by atoms with E-state index in [1.165, 1.54) is 0 Å². The van der Waals surface area contributed by atoms with Gasteiger partial charge in [0, 0.05) is 47.4 Å². The predicted octanol–water partition coefficient (Wildman–Crippen LogP) is 4.84. The molecule has 0 spiro atoms. The summed E-state index contributed by atoms with van der Waals surface area (Å²) in [6, 6.07) is 13.9. The minimum Gasteiger partial charge on any atom is -0.361 e. The third kappa shape index (κ3) is 5.33. The third-order valence-corrected chi connectivity index (χ3v) is 5.88. The van der Waals surface area contributed by atoms with Crippen LogP contribution in [0.15, 0.2) is 48.7 Å². The van der Waals surface area contributed by atoms with Crippen molar-refractivity contribution in [3.05, 3.63) is 71.2 Å². The molecule has 0 saturated carbocycles. The monoisotopic (exact) mass is 474 g/mol. The minimum atomic E-state index is -0.413. The Labute approximate surface area is 205 Å². The lowest BCUT2D eigenvalue weighted by atomic mass is 9.99. The molecule has 174 valence electrons. The molecule has 1 unspecified atom stereocenters. The molecule has 9 heteroatoms. The zero-order valence-electron chi connectivity index (χ0n) is 18.8. The van der Waals surface area contributed by atoms with Crippen molar-refractivity contribution in [2.24, 2.45) is 5.92 Å². The minimum absolute atomic E-state index is 0. The van der Waals surface area contributed by atoms with E-state index in [0.717, 1.165) is 29.3 Å². The van der Waals surface area contributed by atoms with Crippen LogP contribution >= 0.6 is 13.5 Å². The van der Waals surface area contributed by atoms with Crippen LogP contribution in [0, 0.1) is 23.8 Å². The summed E-state index contributed by atoms with van der Waals surface area (Å²) in [6.45, 7) is 9.85. The number of carbonyl (C=O) groups is 2. The van der Waals surface area contributed by atoms with Gasteiger partial charge in [-0.2, -0.15) is 18.8 Å². The molecular weight excluding hydrogens is 448 g/mol. The maximum absolute atomic E-state index is 12.9. The number of H-pyrrole nitrogens is 1. The molecule has 34 heavy (non-hydrogen) atoms. The van der Waals surface area contributed by atoms with E-state index in [1.54, 1.807) is 35.2 Å². The summed E-state index contributed by atoms with van der Waals surface area (Å²) >= 11 is 0. The molecule has 1 aliphatic rings. The lowest BCUT2D eigenvalue weighted by Crippen LogP contribution is -2.38. The van der Waals surface area contributed by atoms with Gasteiger partial charge < -0.3 is 15.6 Å². The van der Waals surface area contributed by atoms with Gasteiger partial charge in [0.25, 0.3) is 0 Å². The maximum atomic E-state index is 12.9. The Morgan fingerprint density at radius 3 is 2.76 bits per heavy atom. The molecule has 0 bridgehead atoms. The van der Waals surface area contributed by atoms with Crippen LogP contribution in [0.1, 0.15) is 30.9 Å². The van der Waals surface area contributed by atoms with E-state index in [1.807, 2.05) is 31.3 Å². The molecule has 1 saturated heterocycles. The Morgan fingerprint density at radius 1 is 1.26 bits per heavy atom. The number of nitriles is 1. The fraction of sp³-hybridized carbons (Fsp3) is 0.280. The first-order chi connectivity index (χ1) is 16.0. The van der Waals surface area contributed by atoms with Gasteiger partial charge in [0.2, 0.25) is 5.91 Å². The summed E-state index contributed by atoms with van der Waals surface area (Å²) in [5, 5.41) is 15.5. The van der Waals surface area contributed by atoms with E-state index >= 15 is 0 Å². The SMILES string of the molecule is S.[C-]#[N+][C@@H]1CCCN1C(=O)C(C)Cc1c[nH]c2ccc(NC(=O)Nc3cccc(C#N)c3)cc12. The van der Waals surface area contributed by atoms with Crippen molar-refractivity contribution in [2.45, 2.75) is 32.4 Å². The van der Waals surface area contributed by atoms with Gasteiger partial charge in [-0.3, -0.25) is 14.5 Å². The highest BCUT2D eigenvalue weighted by Gasteiger charge is 2.35. The highest BCUT2D eigenvalue weighted by Crippen LogP contribution is 2.27. The first-order valence-electron chi connectivity index (χ1n) is 10.8. The van der Waals surface area contributed by atoms with Gasteiger partial charge in [-0.15, -0.1) is 0 Å². The summed E-state index contributed by atoms with van der Waals surface area (Å²) in [5.41, 5.74) is 3.50. The van der Waals surface area contributed by atoms with E-state index < -0.39 is 6.03 Å². The molecular formula is C25H26N6O2S. The molecule has 1 aliphatic heterocycles. The van der Waals surface area contributed by atoms with E-state index in [4.69, 9.17) is 11.8 Å². The molecule has 1 aromatic heterocycles. The number of nitrogens with zero attached hydrogens (tertiary/aromatic N) is 3. The van der Waals surface area contributed by atoms with Crippen LogP contribution in [-0.4, -0.2) is 34.5 Å². The van der Waals surface area contributed by atoms with Gasteiger partial charge >= 0.3 is 12.2 Å². The summed E-state index contributed by atoms with van der Waals surface area (Å²) in [7, 11) is 0. The number of hydrogen-bond donors (Lipinski definition) is 3. The molecule has 1 fully saturated rings. The van der Waals surface area contributed by atoms with Crippen LogP contribution in [0.4, 0.5) is 16.2 Å². The van der Waals surface area contributed by atoms with Gasteiger partial charge in [0.15, 0.2) is 0 Å². The average molecular weight is 475 g/mol. The van der Waals surface area contributed by atoms with E-state index in [-0.39, 0.29) is 31.5 Å². The quantitative estimate of drug-likeness (QED) is 0.461. The fourth-order valence-electron chi connectivity index (χ4n) is 4.23. The number of carbonyl (C=O) groups excluding carboxylic acids is 2. The number of rotatable bonds is 5. The summed E-state index contributed by atoms with van der Waals surface area (Å²) in [4.78, 5) is 33.8. The molecule has 2 aromatic carbocycles. The Balaban J connectivity index is 0.00000324. The topological polar surface area (TPSA) is 105 Å². The number of nitrogens with one attached hydrogen (secondary N) is 3. The van der Waals surface area contributed by atoms with Crippen molar-refractivity contribution in [3.63, 3.8) is 0 Å². The van der Waals surface area contributed by atoms with Gasteiger partial charge in [0.05, 0.1) is 11.6 Å². The molecule has 4 rings (SSSR count). The van der Waals surface area contributed by atoms with Crippen molar-refractivity contribution in [1.82, 2.24) is 9.88 Å². The van der Waals surface area contributed by atoms with Gasteiger partial charge in [0.1, 0.15) is 0 Å². The highest BCUT2D eigenvalue weighted by atomic mass is 32.1. The number of anilines is 2.